The van der Waals surface area contributed by atoms with Crippen LogP contribution in [-0.2, 0) is 14.8 Å². The minimum absolute atomic E-state index is 0.0281. The molecule has 0 spiro atoms. The van der Waals surface area contributed by atoms with E-state index in [1.807, 2.05) is 49.1 Å². The van der Waals surface area contributed by atoms with Crippen LogP contribution in [0.4, 0.5) is 0 Å². The second-order valence-electron chi connectivity index (χ2n) is 9.54. The molecule has 5 rings (SSSR count). The van der Waals surface area contributed by atoms with E-state index in [1.54, 1.807) is 6.07 Å². The Morgan fingerprint density at radius 3 is 2.38 bits per heavy atom. The van der Waals surface area contributed by atoms with Gasteiger partial charge in [0.1, 0.15) is 13.2 Å². The van der Waals surface area contributed by atoms with E-state index >= 15 is 0 Å². The van der Waals surface area contributed by atoms with Crippen molar-refractivity contribution in [2.75, 3.05) is 32.8 Å². The summed E-state index contributed by atoms with van der Waals surface area (Å²) >= 11 is 0. The molecule has 0 saturated carbocycles. The van der Waals surface area contributed by atoms with Crippen LogP contribution in [0.1, 0.15) is 48.4 Å². The lowest BCUT2D eigenvalue weighted by Crippen LogP contribution is -2.44. The third-order valence-electron chi connectivity index (χ3n) is 7.24. The minimum Gasteiger partial charge on any atom is -0.486 e. The molecule has 3 heterocycles. The fraction of sp³-hybridized carbons (Fsp3) is 0.500. The number of carbonyl (C=O) groups excluding carboxylic acids is 1. The van der Waals surface area contributed by atoms with Crippen LogP contribution >= 0.6 is 0 Å². The van der Waals surface area contributed by atoms with Crippen LogP contribution in [-0.4, -0.2) is 56.4 Å². The number of fused-ring (bicyclic) bond motifs is 1. The largest absolute Gasteiger partial charge is 0.486 e. The molecule has 34 heavy (non-hydrogen) atoms. The topological polar surface area (TPSA) is 76.2 Å². The van der Waals surface area contributed by atoms with Gasteiger partial charge in [0, 0.05) is 25.6 Å². The average Bonchev–Trinajstić information content (AvgIpc) is 3.33. The molecule has 0 aromatic heterocycles. The Morgan fingerprint density at radius 1 is 0.912 bits per heavy atom. The molecule has 2 fully saturated rings. The van der Waals surface area contributed by atoms with E-state index in [2.05, 4.69) is 0 Å². The van der Waals surface area contributed by atoms with Crippen molar-refractivity contribution in [2.24, 2.45) is 5.92 Å². The molecule has 2 aromatic carbocycles. The number of ether oxygens (including phenoxy) is 2. The molecule has 2 saturated heterocycles. The lowest BCUT2D eigenvalue weighted by Gasteiger charge is -2.35. The Hall–Kier alpha value is -2.58. The van der Waals surface area contributed by atoms with Gasteiger partial charge in [0.05, 0.1) is 10.9 Å². The standard InChI is InChI=1S/C26H32N2O5S/c1-18-5-8-25(19(2)16-18)34(30,31)27-12-9-20(10-13-27)26(29)28-11-3-4-22(28)21-6-7-23-24(17-21)33-15-14-32-23/h5-8,16-17,20,22H,3-4,9-15H2,1-2H3/t22-/m1/s1. The van der Waals surface area contributed by atoms with Gasteiger partial charge >= 0.3 is 0 Å². The van der Waals surface area contributed by atoms with Crippen molar-refractivity contribution >= 4 is 15.9 Å². The first kappa shape index (κ1) is 23.2. The molecule has 0 aliphatic carbocycles. The molecule has 3 aliphatic heterocycles. The summed E-state index contributed by atoms with van der Waals surface area (Å²) < 4.78 is 39.3. The minimum atomic E-state index is -3.56. The zero-order valence-electron chi connectivity index (χ0n) is 19.8. The number of amides is 1. The van der Waals surface area contributed by atoms with Crippen molar-refractivity contribution in [3.05, 3.63) is 53.1 Å². The summed E-state index contributed by atoms with van der Waals surface area (Å²) in [5, 5.41) is 0. The van der Waals surface area contributed by atoms with Gasteiger partial charge in [-0.15, -0.1) is 0 Å². The van der Waals surface area contributed by atoms with E-state index in [1.165, 1.54) is 4.31 Å². The van der Waals surface area contributed by atoms with Gasteiger partial charge in [-0.1, -0.05) is 23.8 Å². The molecule has 8 heteroatoms. The predicted molar refractivity (Wildman–Crippen MR) is 129 cm³/mol. The summed E-state index contributed by atoms with van der Waals surface area (Å²) in [5.74, 6) is 1.49. The first-order valence-corrected chi connectivity index (χ1v) is 13.6. The number of nitrogens with zero attached hydrogens (tertiary/aromatic N) is 2. The monoisotopic (exact) mass is 484 g/mol. The highest BCUT2D eigenvalue weighted by Crippen LogP contribution is 2.39. The summed E-state index contributed by atoms with van der Waals surface area (Å²) in [6.45, 7) is 6.35. The SMILES string of the molecule is Cc1ccc(S(=O)(=O)N2CCC(C(=O)N3CCC[C@@H]3c3ccc4c(c3)OCCO4)CC2)c(C)c1. The second kappa shape index (κ2) is 9.23. The molecule has 0 unspecified atom stereocenters. The van der Waals surface area contributed by atoms with Crippen LogP contribution < -0.4 is 9.47 Å². The summed E-state index contributed by atoms with van der Waals surface area (Å²) in [5.41, 5.74) is 2.88. The second-order valence-corrected chi connectivity index (χ2v) is 11.4. The van der Waals surface area contributed by atoms with E-state index in [9.17, 15) is 13.2 Å². The van der Waals surface area contributed by atoms with E-state index in [0.717, 1.165) is 47.6 Å². The molecule has 0 radical (unpaired) electrons. The highest BCUT2D eigenvalue weighted by atomic mass is 32.2. The van der Waals surface area contributed by atoms with E-state index < -0.39 is 10.0 Å². The fourth-order valence-corrected chi connectivity index (χ4v) is 7.13. The van der Waals surface area contributed by atoms with Crippen molar-refractivity contribution in [1.82, 2.24) is 9.21 Å². The lowest BCUT2D eigenvalue weighted by atomic mass is 9.95. The van der Waals surface area contributed by atoms with Crippen LogP contribution in [0.2, 0.25) is 0 Å². The van der Waals surface area contributed by atoms with Gasteiger partial charge in [-0.2, -0.15) is 4.31 Å². The number of rotatable bonds is 4. The van der Waals surface area contributed by atoms with Gasteiger partial charge < -0.3 is 14.4 Å². The van der Waals surface area contributed by atoms with E-state index in [4.69, 9.17) is 9.47 Å². The third-order valence-corrected chi connectivity index (χ3v) is 9.30. The molecule has 0 N–H and O–H groups in total. The Labute approximate surface area is 201 Å². The van der Waals surface area contributed by atoms with Crippen LogP contribution in [0.5, 0.6) is 11.5 Å². The number of hydrogen-bond acceptors (Lipinski definition) is 5. The molecule has 1 amide bonds. The van der Waals surface area contributed by atoms with Gasteiger partial charge in [-0.05, 0) is 68.9 Å². The summed E-state index contributed by atoms with van der Waals surface area (Å²) in [7, 11) is -3.56. The van der Waals surface area contributed by atoms with Crippen molar-refractivity contribution in [1.29, 1.82) is 0 Å². The number of piperidine rings is 1. The van der Waals surface area contributed by atoms with Crippen LogP contribution in [0.3, 0.4) is 0 Å². The first-order chi connectivity index (χ1) is 16.3. The van der Waals surface area contributed by atoms with Gasteiger partial charge in [0.15, 0.2) is 11.5 Å². The number of hydrogen-bond donors (Lipinski definition) is 0. The van der Waals surface area contributed by atoms with E-state index in [0.29, 0.717) is 44.0 Å². The number of carbonyl (C=O) groups is 1. The van der Waals surface area contributed by atoms with E-state index in [-0.39, 0.29) is 17.9 Å². The maximum Gasteiger partial charge on any atom is 0.243 e. The van der Waals surface area contributed by atoms with Crippen molar-refractivity contribution in [3.8, 4) is 11.5 Å². The fourth-order valence-electron chi connectivity index (χ4n) is 5.45. The Balaban J connectivity index is 1.26. The molecule has 3 aliphatic rings. The normalized spacial score (nSPS) is 21.6. The first-order valence-electron chi connectivity index (χ1n) is 12.1. The number of likely N-dealkylation sites (tertiary alicyclic amines) is 1. The predicted octanol–water partition coefficient (Wildman–Crippen LogP) is 3.84. The summed E-state index contributed by atoms with van der Waals surface area (Å²) in [4.78, 5) is 15.8. The zero-order chi connectivity index (χ0) is 23.9. The summed E-state index contributed by atoms with van der Waals surface area (Å²) in [6.07, 6.45) is 2.98. The van der Waals surface area contributed by atoms with Gasteiger partial charge in [0.2, 0.25) is 15.9 Å². The molecule has 1 atom stereocenters. The summed E-state index contributed by atoms with van der Waals surface area (Å²) in [6, 6.07) is 11.4. The molecule has 182 valence electrons. The van der Waals surface area contributed by atoms with Crippen molar-refractivity contribution < 1.29 is 22.7 Å². The molecule has 7 nitrogen and oxygen atoms in total. The van der Waals surface area contributed by atoms with Gasteiger partial charge in [0.25, 0.3) is 0 Å². The maximum absolute atomic E-state index is 13.5. The van der Waals surface area contributed by atoms with Crippen LogP contribution in [0, 0.1) is 19.8 Å². The highest BCUT2D eigenvalue weighted by molar-refractivity contribution is 7.89. The molecular weight excluding hydrogens is 452 g/mol. The Bertz CT molecular complexity index is 1190. The lowest BCUT2D eigenvalue weighted by molar-refractivity contribution is -0.137. The van der Waals surface area contributed by atoms with Crippen LogP contribution in [0.25, 0.3) is 0 Å². The number of aryl methyl sites for hydroxylation is 2. The molecule has 0 bridgehead atoms. The third kappa shape index (κ3) is 4.29. The Kier molecular flexibility index (Phi) is 6.29. The van der Waals surface area contributed by atoms with Crippen molar-refractivity contribution in [2.45, 2.75) is 50.5 Å². The Morgan fingerprint density at radius 2 is 1.65 bits per heavy atom. The molecular formula is C26H32N2O5S. The van der Waals surface area contributed by atoms with Crippen LogP contribution in [0.15, 0.2) is 41.3 Å². The smallest absolute Gasteiger partial charge is 0.243 e. The van der Waals surface area contributed by atoms with Gasteiger partial charge in [-0.25, -0.2) is 8.42 Å². The average molecular weight is 485 g/mol. The quantitative estimate of drug-likeness (QED) is 0.659. The highest BCUT2D eigenvalue weighted by Gasteiger charge is 2.38. The van der Waals surface area contributed by atoms with Crippen molar-refractivity contribution in [3.63, 3.8) is 0 Å². The maximum atomic E-state index is 13.5. The molecule has 2 aromatic rings. The number of benzene rings is 2. The number of sulfonamides is 1. The zero-order valence-corrected chi connectivity index (χ0v) is 20.6. The van der Waals surface area contributed by atoms with Gasteiger partial charge in [-0.3, -0.25) is 4.79 Å².